The van der Waals surface area contributed by atoms with Gasteiger partial charge in [-0.3, -0.25) is 13.8 Å². The Kier molecular flexibility index (Phi) is 42.5. The minimum Gasteiger partial charge on any atom is -0.391 e. The topological polar surface area (TPSA) is 105 Å². The van der Waals surface area contributed by atoms with E-state index in [0.29, 0.717) is 23.9 Å². The summed E-state index contributed by atoms with van der Waals surface area (Å²) in [6, 6.07) is -0.774. The quantitative estimate of drug-likeness (QED) is 0.0243. The van der Waals surface area contributed by atoms with E-state index in [1.807, 2.05) is 21.1 Å². The maximum Gasteiger partial charge on any atom is 0.472 e. The van der Waals surface area contributed by atoms with E-state index in [1.165, 1.54) is 173 Å². The van der Waals surface area contributed by atoms with Gasteiger partial charge in [-0.2, -0.15) is 0 Å². The maximum absolute atomic E-state index is 12.9. The Morgan fingerprint density at radius 3 is 1.28 bits per heavy atom. The highest BCUT2D eigenvalue weighted by Crippen LogP contribution is 2.43. The molecule has 0 rings (SSSR count). The Labute approximate surface area is 373 Å². The Morgan fingerprint density at radius 2 is 0.900 bits per heavy atom. The van der Waals surface area contributed by atoms with Crippen LogP contribution in [-0.4, -0.2) is 73.4 Å². The molecule has 0 fully saturated rings. The molecule has 0 aliphatic heterocycles. The van der Waals surface area contributed by atoms with Crippen molar-refractivity contribution in [3.8, 4) is 0 Å². The van der Waals surface area contributed by atoms with Gasteiger partial charge in [0, 0.05) is 6.42 Å². The van der Waals surface area contributed by atoms with E-state index in [1.54, 1.807) is 0 Å². The molecular weight excluding hydrogens is 768 g/mol. The van der Waals surface area contributed by atoms with E-state index in [4.69, 9.17) is 9.05 Å². The number of aliphatic hydroxyl groups is 1. The molecule has 8 nitrogen and oxygen atoms in total. The first kappa shape index (κ1) is 59.0. The average molecular weight is 870 g/mol. The summed E-state index contributed by atoms with van der Waals surface area (Å²) in [5.74, 6) is -0.152. The lowest BCUT2D eigenvalue weighted by Crippen LogP contribution is -2.46. The number of phosphoric acid groups is 1. The maximum atomic E-state index is 12.9. The molecule has 3 atom stereocenters. The van der Waals surface area contributed by atoms with Crippen molar-refractivity contribution in [3.63, 3.8) is 0 Å². The van der Waals surface area contributed by atoms with Crippen molar-refractivity contribution in [2.24, 2.45) is 0 Å². The number of amides is 1. The SMILES string of the molecule is CCCCCCCC/C=C/CCCCCCCCCCCCCCCC(=O)N[C@@H](COP(=O)(O)OCC[N+](C)(C)C)[C@H](O)CCCC/C=C/CCCCCCCCCCC. The van der Waals surface area contributed by atoms with Crippen LogP contribution in [0.5, 0.6) is 0 Å². The molecule has 0 bridgehead atoms. The van der Waals surface area contributed by atoms with Crippen LogP contribution < -0.4 is 5.32 Å². The summed E-state index contributed by atoms with van der Waals surface area (Å²) < 4.78 is 23.7. The highest BCUT2D eigenvalue weighted by molar-refractivity contribution is 7.47. The number of unbranched alkanes of at least 4 members (excludes halogenated alkanes) is 30. The largest absolute Gasteiger partial charge is 0.472 e. The van der Waals surface area contributed by atoms with Gasteiger partial charge in [0.25, 0.3) is 0 Å². The van der Waals surface area contributed by atoms with Crippen LogP contribution in [0.1, 0.15) is 245 Å². The van der Waals surface area contributed by atoms with Crippen molar-refractivity contribution in [1.29, 1.82) is 0 Å². The van der Waals surface area contributed by atoms with Crippen LogP contribution in [0.3, 0.4) is 0 Å². The van der Waals surface area contributed by atoms with Gasteiger partial charge in [-0.15, -0.1) is 0 Å². The molecule has 0 spiro atoms. The Balaban J connectivity index is 4.23. The van der Waals surface area contributed by atoms with Gasteiger partial charge in [-0.05, 0) is 64.2 Å². The van der Waals surface area contributed by atoms with Crippen LogP contribution in [0.2, 0.25) is 0 Å². The lowest BCUT2D eigenvalue weighted by molar-refractivity contribution is -0.870. The molecule has 356 valence electrons. The van der Waals surface area contributed by atoms with Crippen molar-refractivity contribution in [1.82, 2.24) is 5.32 Å². The number of quaternary nitrogens is 1. The van der Waals surface area contributed by atoms with E-state index < -0.39 is 20.0 Å². The Hall–Kier alpha value is -1.02. The predicted octanol–water partition coefficient (Wildman–Crippen LogP) is 14.9. The van der Waals surface area contributed by atoms with Gasteiger partial charge < -0.3 is 19.8 Å². The molecule has 0 aliphatic carbocycles. The first-order valence-corrected chi connectivity index (χ1v) is 27.2. The number of hydrogen-bond donors (Lipinski definition) is 3. The molecule has 0 heterocycles. The molecule has 0 saturated carbocycles. The van der Waals surface area contributed by atoms with E-state index in [-0.39, 0.29) is 19.1 Å². The van der Waals surface area contributed by atoms with Crippen molar-refractivity contribution in [3.05, 3.63) is 24.3 Å². The second-order valence-electron chi connectivity index (χ2n) is 18.9. The highest BCUT2D eigenvalue weighted by atomic mass is 31.2. The van der Waals surface area contributed by atoms with E-state index in [9.17, 15) is 19.4 Å². The number of carbonyl (C=O) groups excluding carboxylic acids is 1. The number of carbonyl (C=O) groups is 1. The summed E-state index contributed by atoms with van der Waals surface area (Å²) in [5.41, 5.74) is 0. The zero-order valence-corrected chi connectivity index (χ0v) is 41.4. The van der Waals surface area contributed by atoms with Crippen LogP contribution >= 0.6 is 7.82 Å². The molecule has 0 radical (unpaired) electrons. The number of nitrogens with one attached hydrogen (secondary N) is 1. The second-order valence-corrected chi connectivity index (χ2v) is 20.3. The molecule has 0 aromatic rings. The fraction of sp³-hybridized carbons (Fsp3) is 0.902. The van der Waals surface area contributed by atoms with Gasteiger partial charge in [0.2, 0.25) is 5.91 Å². The number of phosphoric ester groups is 1. The summed E-state index contributed by atoms with van der Waals surface area (Å²) in [7, 11) is 1.61. The van der Waals surface area contributed by atoms with Gasteiger partial charge in [-0.25, -0.2) is 4.57 Å². The van der Waals surface area contributed by atoms with Crippen LogP contribution in [-0.2, 0) is 18.4 Å². The predicted molar refractivity (Wildman–Crippen MR) is 258 cm³/mol. The fourth-order valence-corrected chi connectivity index (χ4v) is 8.30. The van der Waals surface area contributed by atoms with Crippen molar-refractivity contribution in [2.45, 2.75) is 257 Å². The zero-order chi connectivity index (χ0) is 44.3. The highest BCUT2D eigenvalue weighted by Gasteiger charge is 2.28. The smallest absolute Gasteiger partial charge is 0.391 e. The lowest BCUT2D eigenvalue weighted by atomic mass is 10.0. The fourth-order valence-electron chi connectivity index (χ4n) is 7.57. The van der Waals surface area contributed by atoms with Gasteiger partial charge in [0.05, 0.1) is 39.9 Å². The minimum absolute atomic E-state index is 0.0708. The van der Waals surface area contributed by atoms with E-state index in [2.05, 4.69) is 43.5 Å². The molecule has 0 aromatic carbocycles. The standard InChI is InChI=1S/C51H101N2O6P/c1-6-8-10-12-14-16-18-20-22-23-24-25-26-27-28-29-31-33-35-37-39-41-43-45-51(55)52-49(48-59-60(56,57)58-47-46-53(3,4)5)50(54)44-42-40-38-36-34-32-30-21-19-17-15-13-11-9-7-2/h20,22,34,36,49-50,54H,6-19,21,23-33,35,37-48H2,1-5H3,(H-,52,55,56,57)/p+1/b22-20+,36-34+/t49-,50+/m0/s1. The van der Waals surface area contributed by atoms with Crippen molar-refractivity contribution >= 4 is 13.7 Å². The molecule has 1 amide bonds. The second kappa shape index (κ2) is 43.2. The van der Waals surface area contributed by atoms with Gasteiger partial charge >= 0.3 is 7.82 Å². The number of nitrogens with zero attached hydrogens (tertiary/aromatic N) is 1. The van der Waals surface area contributed by atoms with Gasteiger partial charge in [0.1, 0.15) is 13.2 Å². The Bertz CT molecular complexity index is 1030. The number of aliphatic hydroxyl groups excluding tert-OH is 1. The lowest BCUT2D eigenvalue weighted by Gasteiger charge is -2.26. The molecule has 9 heteroatoms. The Morgan fingerprint density at radius 1 is 0.550 bits per heavy atom. The third-order valence-electron chi connectivity index (χ3n) is 11.7. The third-order valence-corrected chi connectivity index (χ3v) is 12.7. The average Bonchev–Trinajstić information content (AvgIpc) is 3.20. The minimum atomic E-state index is -4.32. The first-order valence-electron chi connectivity index (χ1n) is 25.7. The van der Waals surface area contributed by atoms with E-state index in [0.717, 1.165) is 44.9 Å². The van der Waals surface area contributed by atoms with E-state index >= 15 is 0 Å². The molecule has 0 aromatic heterocycles. The normalized spacial score (nSPS) is 14.3. The molecule has 0 aliphatic rings. The molecule has 60 heavy (non-hydrogen) atoms. The van der Waals surface area contributed by atoms with Crippen molar-refractivity contribution < 1.29 is 32.9 Å². The number of allylic oxidation sites excluding steroid dienone is 4. The molecule has 3 N–H and O–H groups in total. The van der Waals surface area contributed by atoms with Crippen LogP contribution in [0, 0.1) is 0 Å². The molecular formula is C51H102N2O6P+. The van der Waals surface area contributed by atoms with Gasteiger partial charge in [0.15, 0.2) is 0 Å². The third kappa shape index (κ3) is 45.0. The molecule has 1 unspecified atom stereocenters. The summed E-state index contributed by atoms with van der Waals surface area (Å²) in [4.78, 5) is 23.2. The summed E-state index contributed by atoms with van der Waals surface area (Å²) in [6.07, 6.45) is 52.2. The van der Waals surface area contributed by atoms with Crippen LogP contribution in [0.4, 0.5) is 0 Å². The van der Waals surface area contributed by atoms with Gasteiger partial charge in [-0.1, -0.05) is 199 Å². The number of hydrogen-bond acceptors (Lipinski definition) is 5. The number of rotatable bonds is 47. The van der Waals surface area contributed by atoms with Crippen molar-refractivity contribution in [2.75, 3.05) is 40.9 Å². The van der Waals surface area contributed by atoms with Crippen LogP contribution in [0.25, 0.3) is 0 Å². The first-order chi connectivity index (χ1) is 29.0. The molecule has 0 saturated heterocycles. The monoisotopic (exact) mass is 870 g/mol. The summed E-state index contributed by atoms with van der Waals surface area (Å²) in [5, 5.41) is 14.0. The van der Waals surface area contributed by atoms with Crippen LogP contribution in [0.15, 0.2) is 24.3 Å². The summed E-state index contributed by atoms with van der Waals surface area (Å²) in [6.45, 7) is 4.88. The zero-order valence-electron chi connectivity index (χ0n) is 40.5. The number of likely N-dealkylation sites (N-methyl/N-ethyl adjacent to an activating group) is 1. The summed E-state index contributed by atoms with van der Waals surface area (Å²) >= 11 is 0.